The Morgan fingerprint density at radius 3 is 2.74 bits per heavy atom. The number of anilines is 1. The molecule has 4 rings (SSSR count). The van der Waals surface area contributed by atoms with Crippen LogP contribution in [0.4, 0.5) is 5.82 Å². The van der Waals surface area contributed by atoms with Crippen LogP contribution in [0.25, 0.3) is 16.9 Å². The van der Waals surface area contributed by atoms with Gasteiger partial charge in [-0.2, -0.15) is 9.61 Å². The minimum atomic E-state index is -1.47. The number of hydrogen-bond donors (Lipinski definition) is 1. The second-order valence-electron chi connectivity index (χ2n) is 8.94. The van der Waals surface area contributed by atoms with Crippen LogP contribution in [-0.4, -0.2) is 57.6 Å². The smallest absolute Gasteiger partial charge is 0.339 e. The molecular formula is C26H31BrN4O4. The number of esters is 1. The highest BCUT2D eigenvalue weighted by molar-refractivity contribution is 9.10. The number of carbonyl (C=O) groups is 1. The summed E-state index contributed by atoms with van der Waals surface area (Å²) in [5, 5.41) is 15.9. The molecule has 1 fully saturated rings. The van der Waals surface area contributed by atoms with Gasteiger partial charge in [-0.25, -0.2) is 9.78 Å². The molecule has 35 heavy (non-hydrogen) atoms. The Morgan fingerprint density at radius 1 is 1.34 bits per heavy atom. The standard InChI is InChI=1S/C26H31BrN4O4/c1-5-14-35-26(4)10-12-30(13-11-26)24-22(23(32)25(33)34-6-2)17(3)28-21-16-20(29-31(21)24)18-8-7-9-19(27)15-18/h5,7-9,15-16,23,32H,1,6,10-14H2,2-4H3. The fourth-order valence-electron chi connectivity index (χ4n) is 4.46. The van der Waals surface area contributed by atoms with Gasteiger partial charge in [0.1, 0.15) is 5.82 Å². The Bertz CT molecular complexity index is 1230. The van der Waals surface area contributed by atoms with Gasteiger partial charge in [-0.1, -0.05) is 34.1 Å². The van der Waals surface area contributed by atoms with Gasteiger partial charge in [-0.05, 0) is 45.7 Å². The second-order valence-corrected chi connectivity index (χ2v) is 9.85. The van der Waals surface area contributed by atoms with E-state index in [0.717, 1.165) is 28.6 Å². The molecule has 8 nitrogen and oxygen atoms in total. The van der Waals surface area contributed by atoms with E-state index in [1.54, 1.807) is 24.4 Å². The highest BCUT2D eigenvalue weighted by Gasteiger charge is 2.35. The lowest BCUT2D eigenvalue weighted by Crippen LogP contribution is -2.45. The van der Waals surface area contributed by atoms with Crippen LogP contribution < -0.4 is 4.90 Å². The molecule has 186 valence electrons. The number of hydrogen-bond acceptors (Lipinski definition) is 7. The SMILES string of the molecule is C=CCOC1(C)CCN(c2c(C(O)C(=O)OCC)c(C)nc3cc(-c4cccc(Br)c4)nn23)CC1. The van der Waals surface area contributed by atoms with Gasteiger partial charge >= 0.3 is 5.97 Å². The molecule has 1 atom stereocenters. The molecule has 0 bridgehead atoms. The number of aromatic nitrogens is 3. The van der Waals surface area contributed by atoms with Crippen molar-refractivity contribution in [2.75, 3.05) is 31.2 Å². The largest absolute Gasteiger partial charge is 0.464 e. The minimum absolute atomic E-state index is 0.178. The first-order valence-electron chi connectivity index (χ1n) is 11.8. The number of benzene rings is 1. The van der Waals surface area contributed by atoms with Gasteiger partial charge in [0.25, 0.3) is 0 Å². The van der Waals surface area contributed by atoms with Crippen LogP contribution in [0.1, 0.15) is 44.1 Å². The summed E-state index contributed by atoms with van der Waals surface area (Å²) in [5.41, 5.74) is 3.03. The van der Waals surface area contributed by atoms with Crippen LogP contribution in [0.5, 0.6) is 0 Å². The van der Waals surface area contributed by atoms with Crippen molar-refractivity contribution in [1.82, 2.24) is 14.6 Å². The van der Waals surface area contributed by atoms with Gasteiger partial charge in [0.05, 0.1) is 30.1 Å². The molecular weight excluding hydrogens is 512 g/mol. The van der Waals surface area contributed by atoms with Crippen molar-refractivity contribution in [2.45, 2.75) is 45.3 Å². The Hall–Kier alpha value is -2.75. The Balaban J connectivity index is 1.82. The number of fused-ring (bicyclic) bond motifs is 1. The summed E-state index contributed by atoms with van der Waals surface area (Å²) < 4.78 is 13.8. The monoisotopic (exact) mass is 542 g/mol. The summed E-state index contributed by atoms with van der Waals surface area (Å²) in [6, 6.07) is 9.80. The van der Waals surface area contributed by atoms with E-state index >= 15 is 0 Å². The Kier molecular flexibility index (Phi) is 7.59. The first-order valence-corrected chi connectivity index (χ1v) is 12.6. The van der Waals surface area contributed by atoms with Crippen LogP contribution in [0, 0.1) is 6.92 Å². The lowest BCUT2D eigenvalue weighted by atomic mass is 9.92. The average molecular weight is 543 g/mol. The molecule has 1 unspecified atom stereocenters. The van der Waals surface area contributed by atoms with Crippen molar-refractivity contribution in [1.29, 1.82) is 0 Å². The molecule has 3 heterocycles. The number of rotatable bonds is 8. The number of aliphatic hydroxyl groups is 1. The van der Waals surface area contributed by atoms with E-state index in [2.05, 4.69) is 34.3 Å². The topological polar surface area (TPSA) is 89.2 Å². The van der Waals surface area contributed by atoms with Crippen LogP contribution in [0.3, 0.4) is 0 Å². The number of aryl methyl sites for hydroxylation is 1. The summed E-state index contributed by atoms with van der Waals surface area (Å²) >= 11 is 3.52. The first-order chi connectivity index (χ1) is 16.8. The molecule has 1 N–H and O–H groups in total. The van der Waals surface area contributed by atoms with Gasteiger partial charge < -0.3 is 19.5 Å². The number of piperidine rings is 1. The number of ether oxygens (including phenoxy) is 2. The number of halogens is 1. The Labute approximate surface area is 213 Å². The quantitative estimate of drug-likeness (QED) is 0.328. The summed E-state index contributed by atoms with van der Waals surface area (Å²) in [5.74, 6) is -0.0476. The third kappa shape index (κ3) is 5.27. The predicted octanol–water partition coefficient (Wildman–Crippen LogP) is 4.63. The van der Waals surface area contributed by atoms with Crippen molar-refractivity contribution in [2.24, 2.45) is 0 Å². The second kappa shape index (κ2) is 10.5. The van der Waals surface area contributed by atoms with Crippen molar-refractivity contribution in [3.05, 3.63) is 58.7 Å². The molecule has 1 saturated heterocycles. The lowest BCUT2D eigenvalue weighted by Gasteiger charge is -2.40. The van der Waals surface area contributed by atoms with Crippen LogP contribution in [0.2, 0.25) is 0 Å². The van der Waals surface area contributed by atoms with Crippen molar-refractivity contribution >= 4 is 33.4 Å². The van der Waals surface area contributed by atoms with Gasteiger partial charge in [0.2, 0.25) is 0 Å². The van der Waals surface area contributed by atoms with Crippen molar-refractivity contribution in [3.8, 4) is 11.3 Å². The number of carbonyl (C=O) groups excluding carboxylic acids is 1. The predicted molar refractivity (Wildman–Crippen MR) is 138 cm³/mol. The van der Waals surface area contributed by atoms with Crippen LogP contribution in [0.15, 0.2) is 47.5 Å². The van der Waals surface area contributed by atoms with Gasteiger partial charge in [0.15, 0.2) is 11.8 Å². The van der Waals surface area contributed by atoms with E-state index in [0.29, 0.717) is 42.4 Å². The van der Waals surface area contributed by atoms with Gasteiger partial charge in [-0.3, -0.25) is 0 Å². The first kappa shape index (κ1) is 25.3. The molecule has 1 aliphatic rings. The summed E-state index contributed by atoms with van der Waals surface area (Å²) in [6.45, 7) is 11.4. The molecule has 9 heteroatoms. The molecule has 1 aliphatic heterocycles. The molecule has 2 aromatic heterocycles. The molecule has 3 aromatic rings. The van der Waals surface area contributed by atoms with E-state index in [4.69, 9.17) is 19.6 Å². The highest BCUT2D eigenvalue weighted by atomic mass is 79.9. The third-order valence-corrected chi connectivity index (χ3v) is 6.87. The molecule has 0 radical (unpaired) electrons. The van der Waals surface area contributed by atoms with Gasteiger partial charge in [-0.15, -0.1) is 6.58 Å². The molecule has 0 amide bonds. The third-order valence-electron chi connectivity index (χ3n) is 6.38. The number of nitrogens with zero attached hydrogens (tertiary/aromatic N) is 4. The minimum Gasteiger partial charge on any atom is -0.464 e. The van der Waals surface area contributed by atoms with E-state index in [9.17, 15) is 9.90 Å². The normalized spacial score (nSPS) is 16.3. The molecule has 0 saturated carbocycles. The molecule has 1 aromatic carbocycles. The maximum Gasteiger partial charge on any atom is 0.339 e. The zero-order chi connectivity index (χ0) is 25.2. The maximum atomic E-state index is 12.6. The fraction of sp³-hybridized carbons (Fsp3) is 0.423. The fourth-order valence-corrected chi connectivity index (χ4v) is 4.86. The van der Waals surface area contributed by atoms with E-state index in [1.165, 1.54) is 0 Å². The zero-order valence-electron chi connectivity index (χ0n) is 20.3. The van der Waals surface area contributed by atoms with E-state index in [1.807, 2.05) is 30.3 Å². The van der Waals surface area contributed by atoms with Crippen LogP contribution >= 0.6 is 15.9 Å². The van der Waals surface area contributed by atoms with Crippen LogP contribution in [-0.2, 0) is 14.3 Å². The Morgan fingerprint density at radius 2 is 2.09 bits per heavy atom. The molecule has 0 aliphatic carbocycles. The number of aliphatic hydroxyl groups excluding tert-OH is 1. The summed E-state index contributed by atoms with van der Waals surface area (Å²) in [7, 11) is 0. The summed E-state index contributed by atoms with van der Waals surface area (Å²) in [6.07, 6.45) is 1.84. The van der Waals surface area contributed by atoms with Gasteiger partial charge in [0, 0.05) is 34.9 Å². The lowest BCUT2D eigenvalue weighted by molar-refractivity contribution is -0.153. The van der Waals surface area contributed by atoms with E-state index in [-0.39, 0.29) is 12.2 Å². The van der Waals surface area contributed by atoms with E-state index < -0.39 is 12.1 Å². The molecule has 0 spiro atoms. The highest BCUT2D eigenvalue weighted by Crippen LogP contribution is 2.36. The van der Waals surface area contributed by atoms with Crippen molar-refractivity contribution < 1.29 is 19.4 Å². The average Bonchev–Trinajstić information content (AvgIpc) is 3.26. The van der Waals surface area contributed by atoms with Crippen molar-refractivity contribution in [3.63, 3.8) is 0 Å². The maximum absolute atomic E-state index is 12.6. The summed E-state index contributed by atoms with van der Waals surface area (Å²) in [4.78, 5) is 19.4. The zero-order valence-corrected chi connectivity index (χ0v) is 21.9.